The first kappa shape index (κ1) is 157. The molecule has 0 amide bonds. The smallest absolute Gasteiger partial charge is 0.338 e. The third-order valence-electron chi connectivity index (χ3n) is 17.4. The number of hydrogen-bond donors (Lipinski definition) is 5. The van der Waals surface area contributed by atoms with Crippen molar-refractivity contribution >= 4 is 65.7 Å². The molecule has 0 aromatic rings. The minimum atomic E-state index is -1.27. The number of aliphatic carboxylic acids is 5. The first-order valence-corrected chi connectivity index (χ1v) is 53.7. The number of esters is 6. The maximum atomic E-state index is 11.2. The minimum absolute atomic E-state index is 0.0326. The highest BCUT2D eigenvalue weighted by molar-refractivity contribution is 5.96. The molecule has 0 radical (unpaired) electrons. The lowest BCUT2D eigenvalue weighted by molar-refractivity contribution is -0.156. The molecule has 0 rings (SSSR count). The van der Waals surface area contributed by atoms with E-state index in [-0.39, 0.29) is 58.1 Å². The van der Waals surface area contributed by atoms with Crippen LogP contribution in [-0.2, 0) is 76.4 Å². The average Bonchev–Trinajstić information content (AvgIpc) is 0.998. The van der Waals surface area contributed by atoms with Crippen LogP contribution >= 0.6 is 0 Å². The summed E-state index contributed by atoms with van der Waals surface area (Å²) in [4.78, 5) is 117. The van der Waals surface area contributed by atoms with Crippen molar-refractivity contribution in [1.29, 1.82) is 0 Å². The van der Waals surface area contributed by atoms with Crippen LogP contribution in [0.3, 0.4) is 0 Å². The molecule has 0 aliphatic heterocycles. The zero-order chi connectivity index (χ0) is 114. The van der Waals surface area contributed by atoms with Gasteiger partial charge in [0.25, 0.3) is 0 Å². The topological polar surface area (TPSA) is 335 Å². The number of carboxylic acid groups (broad SMARTS) is 5. The van der Waals surface area contributed by atoms with Gasteiger partial charge in [0.1, 0.15) is 26.4 Å². The Balaban J connectivity index is -0.000000182. The molecule has 0 fully saturated rings. The fourth-order valence-corrected chi connectivity index (χ4v) is 9.89. The molecule has 0 unspecified atom stereocenters. The van der Waals surface area contributed by atoms with Crippen LogP contribution in [0.2, 0.25) is 0 Å². The van der Waals surface area contributed by atoms with Crippen LogP contribution < -0.4 is 0 Å². The molecule has 21 heteroatoms. The van der Waals surface area contributed by atoms with Crippen molar-refractivity contribution in [1.82, 2.24) is 0 Å². The molecule has 0 atom stereocenters. The Morgan fingerprint density at radius 2 is 0.373 bits per heavy atom. The molecule has 838 valence electrons. The highest BCUT2D eigenvalue weighted by Gasteiger charge is 2.08. The van der Waals surface area contributed by atoms with E-state index >= 15 is 0 Å². The molecule has 0 aromatic heterocycles. The second-order valence-electron chi connectivity index (χ2n) is 31.1. The Morgan fingerprint density at radius 3 is 0.613 bits per heavy atom. The average molecular weight is 2080 g/mol. The van der Waals surface area contributed by atoms with Gasteiger partial charge >= 0.3 is 65.7 Å². The summed E-state index contributed by atoms with van der Waals surface area (Å²) >= 11 is 0. The summed E-state index contributed by atoms with van der Waals surface area (Å²) in [6.45, 7) is 31.0. The lowest BCUT2D eigenvalue weighted by Gasteiger charge is -2.04. The van der Waals surface area contributed by atoms with Crippen LogP contribution in [0.25, 0.3) is 0 Å². The predicted molar refractivity (Wildman–Crippen MR) is 632 cm³/mol. The van der Waals surface area contributed by atoms with Crippen LogP contribution in [0.1, 0.15) is 354 Å². The number of rotatable bonds is 73. The monoisotopic (exact) mass is 2080 g/mol. The molecule has 0 aliphatic carbocycles. The third kappa shape index (κ3) is 189. The fourth-order valence-electron chi connectivity index (χ4n) is 9.89. The first-order chi connectivity index (χ1) is 72.8. The second kappa shape index (κ2) is 151. The summed E-state index contributed by atoms with van der Waals surface area (Å²) in [6, 6.07) is 0. The number of carbonyl (C=O) groups excluding carboxylic acids is 6. The van der Waals surface area contributed by atoms with Gasteiger partial charge < -0.3 is 49.2 Å². The van der Waals surface area contributed by atoms with E-state index in [9.17, 15) is 52.7 Å². The number of allylic oxidation sites excluding steroid dienone is 53. The Labute approximate surface area is 907 Å². The molecule has 0 saturated carbocycles. The van der Waals surface area contributed by atoms with Crippen LogP contribution in [0, 0.1) is 0 Å². The molecular formula is C129H196O21. The molecule has 21 nitrogen and oxygen atoms in total. The molecule has 5 N–H and O–H groups in total. The Bertz CT molecular complexity index is 3910. The van der Waals surface area contributed by atoms with Gasteiger partial charge in [-0.2, -0.15) is 0 Å². The number of unbranched alkanes of at least 4 members (excludes halogenated alkanes) is 3. The van der Waals surface area contributed by atoms with E-state index in [4.69, 9.17) is 35.0 Å². The van der Waals surface area contributed by atoms with Gasteiger partial charge in [-0.1, -0.05) is 397 Å². The highest BCUT2D eigenvalue weighted by atomic mass is 16.6. The van der Waals surface area contributed by atoms with Crippen molar-refractivity contribution in [3.05, 3.63) is 365 Å². The van der Waals surface area contributed by atoms with Gasteiger partial charge in [0.2, 0.25) is 0 Å². The van der Waals surface area contributed by atoms with Crippen molar-refractivity contribution in [2.75, 3.05) is 26.4 Å². The molecule has 0 aliphatic rings. The van der Waals surface area contributed by atoms with Crippen LogP contribution in [-0.4, -0.2) is 118 Å². The summed E-state index contributed by atoms with van der Waals surface area (Å²) in [6.07, 6.45) is 154. The van der Waals surface area contributed by atoms with Gasteiger partial charge in [-0.15, -0.1) is 0 Å². The van der Waals surface area contributed by atoms with Crippen molar-refractivity contribution in [3.63, 3.8) is 0 Å². The fraction of sp³-hybridized carbons (Fsp3) is 0.450. The zero-order valence-corrected chi connectivity index (χ0v) is 94.3. The standard InChI is InChI=1S/3C15H24.C14H18O6.C13H18O6.C12H18O2.2C12H20.C11H14O5.C10H16O2/c3*1-3-5-7-9-11-13-15-14-12-10-8-6-4-2;1-2-3-4-5-6-7-13(17)19-10-11-20-14(18)9-8-12(15)16;1-2-3-4-5-6-12(16)18-9-10-19-13(17)8-7-11(14)15;1-2-3-4-5-6-7-8-9-10-11-12(13)14;2*1-3-5-7-9-11-12-10-8-6-4-2;1-2-3-4-5-6-10(14)16-11(15)8-7-9(12)13;1-2-3-4-5-6-7-8-9-10(11)12/h3*5-8,11-14H,3-4,9-10,15H2,1-2H3;2-3,5-6,8-9H,4,7,10-11H2,1H3,(H,15,16);2-3,7-8H,4-6,9-10H2,1H3,(H,14,15);2-3,5-6,8-9H,4,7,10-11H2,1H3,(H,13,14);2*5-8,11-12H,3-4,9-10H2,1-2H3;2-3,7-8H,4-6H2,1H3,(H,12,13);2-3,5-6H,4,7-9H2,1H3,(H,11,12)/b3*7-5-,8-6-,13-11-,14-12-;3-2-,6-5-,9-8+;3-2-,8-7+;3-2-,6-5-,9-8-;2*7-5-,8-6-,12-11-;3-2-,8-7+;3-2-,6-5-. The normalized spacial score (nSPS) is 11.9. The summed E-state index contributed by atoms with van der Waals surface area (Å²) in [7, 11) is 0. The Kier molecular flexibility index (Phi) is 158. The lowest BCUT2D eigenvalue weighted by Crippen LogP contribution is -2.12. The molecule has 0 aromatic carbocycles. The van der Waals surface area contributed by atoms with Gasteiger partial charge in [-0.3, -0.25) is 24.0 Å². The SMILES string of the molecule is C/C=C\C/C=C\C/C=C\CCC(=O)O.C/C=C\C/C=C\CC(=O)OCCOC(=O)/C=C/C(=O)O.C/C=C\C/C=C\CCCC(=O)O.C/C=C\CCCC(=O)OC(=O)/C=C/C(=O)O.C/C=C\CCCC(=O)OCCOC(=O)/C=C/C(=O)O.CC/C=C\C/C=C\C/C=C\C/C=C\CC.CC/C=C\C/C=C\C/C=C\C/C=C\CC.CC/C=C\C/C=C\C/C=C\C/C=C\CC.CC/C=C\C/C=C\C/C=C\CC.CC/C=C\C/C=C\C/C=C\CC. The summed E-state index contributed by atoms with van der Waals surface area (Å²) in [5.41, 5.74) is 0. The second-order valence-corrected chi connectivity index (χ2v) is 31.1. The minimum Gasteiger partial charge on any atom is -0.481 e. The van der Waals surface area contributed by atoms with Gasteiger partial charge in [0, 0.05) is 62.1 Å². The van der Waals surface area contributed by atoms with Crippen molar-refractivity contribution in [2.45, 2.75) is 354 Å². The predicted octanol–water partition coefficient (Wildman–Crippen LogP) is 34.7. The van der Waals surface area contributed by atoms with Crippen molar-refractivity contribution in [3.8, 4) is 0 Å². The van der Waals surface area contributed by atoms with Crippen molar-refractivity contribution in [2.24, 2.45) is 0 Å². The van der Waals surface area contributed by atoms with Crippen LogP contribution in [0.5, 0.6) is 0 Å². The molecule has 0 saturated heterocycles. The van der Waals surface area contributed by atoms with Gasteiger partial charge in [-0.25, -0.2) is 28.8 Å². The van der Waals surface area contributed by atoms with Crippen molar-refractivity contribution < 1.29 is 102 Å². The maximum Gasteiger partial charge on any atom is 0.338 e. The molecule has 0 bridgehead atoms. The number of ether oxygens (including phenoxy) is 5. The highest BCUT2D eigenvalue weighted by Crippen LogP contribution is 2.06. The summed E-state index contributed by atoms with van der Waals surface area (Å²) < 4.78 is 23.2. The summed E-state index contributed by atoms with van der Waals surface area (Å²) in [5.74, 6) is -9.14. The number of hydrogen-bond acceptors (Lipinski definition) is 16. The van der Waals surface area contributed by atoms with E-state index < -0.39 is 59.7 Å². The van der Waals surface area contributed by atoms with Crippen LogP contribution in [0.15, 0.2) is 365 Å². The zero-order valence-electron chi connectivity index (χ0n) is 94.3. The lowest BCUT2D eigenvalue weighted by atomic mass is 10.2. The van der Waals surface area contributed by atoms with E-state index in [2.05, 4.69) is 333 Å². The maximum absolute atomic E-state index is 11.2. The largest absolute Gasteiger partial charge is 0.481 e. The van der Waals surface area contributed by atoms with E-state index in [0.717, 1.165) is 211 Å². The Hall–Kier alpha value is -13.4. The van der Waals surface area contributed by atoms with Gasteiger partial charge in [0.05, 0.1) is 6.42 Å². The molecule has 0 spiro atoms. The number of carboxylic acids is 5. The van der Waals surface area contributed by atoms with Crippen LogP contribution in [0.4, 0.5) is 0 Å². The van der Waals surface area contributed by atoms with E-state index in [1.165, 1.54) is 0 Å². The Morgan fingerprint density at radius 1 is 0.180 bits per heavy atom. The van der Waals surface area contributed by atoms with E-state index in [0.29, 0.717) is 50.0 Å². The molecular weight excluding hydrogens is 1890 g/mol. The first-order valence-electron chi connectivity index (χ1n) is 53.7. The van der Waals surface area contributed by atoms with Gasteiger partial charge in [-0.05, 0) is 253 Å². The summed E-state index contributed by atoms with van der Waals surface area (Å²) in [5, 5.41) is 41.4. The molecule has 150 heavy (non-hydrogen) atoms. The van der Waals surface area contributed by atoms with E-state index in [1.807, 2.05) is 108 Å². The number of carbonyl (C=O) groups is 11. The third-order valence-corrected chi connectivity index (χ3v) is 17.4. The van der Waals surface area contributed by atoms with Gasteiger partial charge in [0.15, 0.2) is 0 Å². The van der Waals surface area contributed by atoms with E-state index in [1.54, 1.807) is 6.08 Å². The molecule has 0 heterocycles. The quantitative estimate of drug-likeness (QED) is 0.00943.